The molecule has 0 rings (SSSR count). The largest absolute Gasteiger partial charge is 0.235 e. The fourth-order valence-electron chi connectivity index (χ4n) is 0.967. The summed E-state index contributed by atoms with van der Waals surface area (Å²) in [5, 5.41) is 0.166. The third-order valence-electron chi connectivity index (χ3n) is 2.08. The van der Waals surface area contributed by atoms with Crippen LogP contribution < -0.4 is 0 Å². The molecule has 0 N–H and O–H groups in total. The lowest BCUT2D eigenvalue weighted by atomic mass is 10.2. The molecule has 0 aliphatic heterocycles. The highest BCUT2D eigenvalue weighted by atomic mass is 32.2. The molecular formula is C12H24N2O2S2. The van der Waals surface area contributed by atoms with Crippen LogP contribution in [0.15, 0.2) is 8.80 Å². The van der Waals surface area contributed by atoms with Crippen LogP contribution in [-0.2, 0) is 22.0 Å². The fourth-order valence-corrected chi connectivity index (χ4v) is 1.96. The molecule has 106 valence electrons. The molecule has 0 radical (unpaired) electrons. The number of hydrogen-bond acceptors (Lipinski definition) is 2. The molecule has 0 aromatic carbocycles. The van der Waals surface area contributed by atoms with E-state index in [1.54, 1.807) is 12.4 Å². The highest BCUT2D eigenvalue weighted by molar-refractivity contribution is 7.84. The fraction of sp³-hybridized carbons (Fsp3) is 0.833. The molecule has 0 saturated heterocycles. The first-order valence-corrected chi connectivity index (χ1v) is 8.65. The van der Waals surface area contributed by atoms with E-state index in [4.69, 9.17) is 0 Å². The van der Waals surface area contributed by atoms with E-state index >= 15 is 0 Å². The number of unbranched alkanes of at least 4 members (excludes halogenated alkanes) is 3. The molecule has 0 bridgehead atoms. The van der Waals surface area contributed by atoms with Gasteiger partial charge in [-0.2, -0.15) is 8.80 Å². The average molecular weight is 292 g/mol. The summed E-state index contributed by atoms with van der Waals surface area (Å²) in [6.45, 7) is 7.55. The monoisotopic (exact) mass is 292 g/mol. The normalized spacial score (nSPS) is 16.1. The Hall–Kier alpha value is -0.360. The maximum Gasteiger partial charge on any atom is 0.141 e. The van der Waals surface area contributed by atoms with Crippen LogP contribution in [0.5, 0.6) is 0 Å². The summed E-state index contributed by atoms with van der Waals surface area (Å²) in [5.41, 5.74) is 0. The van der Waals surface area contributed by atoms with Gasteiger partial charge in [0.2, 0.25) is 0 Å². The first kappa shape index (κ1) is 17.6. The highest BCUT2D eigenvalue weighted by Gasteiger charge is 2.00. The Morgan fingerprint density at radius 1 is 0.833 bits per heavy atom. The quantitative estimate of drug-likeness (QED) is 0.484. The molecule has 0 spiro atoms. The van der Waals surface area contributed by atoms with Crippen LogP contribution in [0.4, 0.5) is 0 Å². The Labute approximate surface area is 116 Å². The van der Waals surface area contributed by atoms with E-state index < -0.39 is 22.0 Å². The van der Waals surface area contributed by atoms with Gasteiger partial charge in [0, 0.05) is 12.4 Å². The zero-order chi connectivity index (χ0) is 14.0. The van der Waals surface area contributed by atoms with Crippen molar-refractivity contribution in [2.75, 3.05) is 0 Å². The SMILES string of the molecule is CC(C)[S@](=O)/N=C\CCCC/C=N\[S@@](=O)C(C)C. The highest BCUT2D eigenvalue weighted by Crippen LogP contribution is 2.00. The molecule has 18 heavy (non-hydrogen) atoms. The van der Waals surface area contributed by atoms with E-state index in [9.17, 15) is 8.42 Å². The topological polar surface area (TPSA) is 58.9 Å². The molecule has 0 fully saturated rings. The lowest BCUT2D eigenvalue weighted by molar-refractivity contribution is 0.677. The Morgan fingerprint density at radius 2 is 1.17 bits per heavy atom. The van der Waals surface area contributed by atoms with Gasteiger partial charge >= 0.3 is 0 Å². The van der Waals surface area contributed by atoms with E-state index in [2.05, 4.69) is 8.80 Å². The van der Waals surface area contributed by atoms with Gasteiger partial charge in [-0.15, -0.1) is 0 Å². The van der Waals surface area contributed by atoms with Crippen LogP contribution >= 0.6 is 0 Å². The number of rotatable bonds is 9. The predicted octanol–water partition coefficient (Wildman–Crippen LogP) is 2.83. The summed E-state index contributed by atoms with van der Waals surface area (Å²) >= 11 is 0. The van der Waals surface area contributed by atoms with Crippen molar-refractivity contribution >= 4 is 34.4 Å². The molecule has 4 nitrogen and oxygen atoms in total. The minimum Gasteiger partial charge on any atom is -0.235 e. The molecule has 0 amide bonds. The summed E-state index contributed by atoms with van der Waals surface area (Å²) in [7, 11) is -2.18. The van der Waals surface area contributed by atoms with Gasteiger partial charge in [0.25, 0.3) is 0 Å². The second kappa shape index (κ2) is 10.6. The third kappa shape index (κ3) is 9.65. The summed E-state index contributed by atoms with van der Waals surface area (Å²) < 4.78 is 30.5. The summed E-state index contributed by atoms with van der Waals surface area (Å²) in [5.74, 6) is 0. The molecule has 0 saturated carbocycles. The molecular weight excluding hydrogens is 268 g/mol. The van der Waals surface area contributed by atoms with Gasteiger partial charge < -0.3 is 0 Å². The van der Waals surface area contributed by atoms with Crippen molar-refractivity contribution in [3.8, 4) is 0 Å². The van der Waals surface area contributed by atoms with E-state index in [1.807, 2.05) is 27.7 Å². The molecule has 0 aliphatic rings. The molecule has 0 heterocycles. The van der Waals surface area contributed by atoms with Crippen LogP contribution in [0.25, 0.3) is 0 Å². The first-order valence-electron chi connectivity index (χ1n) is 6.31. The van der Waals surface area contributed by atoms with E-state index in [-0.39, 0.29) is 10.5 Å². The van der Waals surface area contributed by atoms with Gasteiger partial charge in [-0.1, -0.05) is 0 Å². The van der Waals surface area contributed by atoms with E-state index in [1.165, 1.54) is 0 Å². The van der Waals surface area contributed by atoms with Crippen molar-refractivity contribution in [2.24, 2.45) is 8.80 Å². The minimum absolute atomic E-state index is 0.0828. The second-order valence-electron chi connectivity index (χ2n) is 4.51. The van der Waals surface area contributed by atoms with Crippen molar-refractivity contribution in [1.29, 1.82) is 0 Å². The van der Waals surface area contributed by atoms with Crippen molar-refractivity contribution < 1.29 is 8.42 Å². The zero-order valence-electron chi connectivity index (χ0n) is 11.7. The lowest BCUT2D eigenvalue weighted by Crippen LogP contribution is -2.02. The van der Waals surface area contributed by atoms with Crippen molar-refractivity contribution in [2.45, 2.75) is 63.9 Å². The van der Waals surface area contributed by atoms with E-state index in [0.717, 1.165) is 25.7 Å². The van der Waals surface area contributed by atoms with Gasteiger partial charge in [-0.25, -0.2) is 8.42 Å². The zero-order valence-corrected chi connectivity index (χ0v) is 13.3. The Morgan fingerprint density at radius 3 is 1.44 bits per heavy atom. The maximum absolute atomic E-state index is 11.3. The molecule has 2 atom stereocenters. The van der Waals surface area contributed by atoms with Crippen molar-refractivity contribution in [3.05, 3.63) is 0 Å². The molecule has 0 aromatic heterocycles. The van der Waals surface area contributed by atoms with Gasteiger partial charge in [0.1, 0.15) is 22.0 Å². The first-order chi connectivity index (χ1) is 8.45. The minimum atomic E-state index is -1.09. The number of nitrogens with zero attached hydrogens (tertiary/aromatic N) is 2. The lowest BCUT2D eigenvalue weighted by Gasteiger charge is -1.98. The molecule has 0 aromatic rings. The maximum atomic E-state index is 11.3. The van der Waals surface area contributed by atoms with Crippen LogP contribution in [0.2, 0.25) is 0 Å². The third-order valence-corrected chi connectivity index (χ3v) is 4.41. The molecule has 6 heteroatoms. The molecule has 0 unspecified atom stereocenters. The van der Waals surface area contributed by atoms with Crippen LogP contribution in [0.3, 0.4) is 0 Å². The molecule has 0 aliphatic carbocycles. The van der Waals surface area contributed by atoms with Crippen LogP contribution in [0.1, 0.15) is 53.4 Å². The number of hydrogen-bond donors (Lipinski definition) is 0. The Bertz CT molecular complexity index is 294. The van der Waals surface area contributed by atoms with E-state index in [0.29, 0.717) is 0 Å². The summed E-state index contributed by atoms with van der Waals surface area (Å²) in [6, 6.07) is 0. The summed E-state index contributed by atoms with van der Waals surface area (Å²) in [6.07, 6.45) is 7.11. The van der Waals surface area contributed by atoms with Gasteiger partial charge in [0.05, 0.1) is 10.5 Å². The van der Waals surface area contributed by atoms with Crippen molar-refractivity contribution in [3.63, 3.8) is 0 Å². The van der Waals surface area contributed by atoms with Crippen LogP contribution in [0, 0.1) is 0 Å². The second-order valence-corrected chi connectivity index (χ2v) is 7.92. The Kier molecular flexibility index (Phi) is 10.3. The smallest absolute Gasteiger partial charge is 0.141 e. The van der Waals surface area contributed by atoms with Gasteiger partial charge in [-0.05, 0) is 53.4 Å². The Balaban J connectivity index is 3.58. The summed E-state index contributed by atoms with van der Waals surface area (Å²) in [4.78, 5) is 0. The average Bonchev–Trinajstić information content (AvgIpc) is 2.31. The predicted molar refractivity (Wildman–Crippen MR) is 82.0 cm³/mol. The van der Waals surface area contributed by atoms with Gasteiger partial charge in [0.15, 0.2) is 0 Å². The van der Waals surface area contributed by atoms with Crippen LogP contribution in [-0.4, -0.2) is 31.3 Å². The van der Waals surface area contributed by atoms with Crippen molar-refractivity contribution in [1.82, 2.24) is 0 Å². The van der Waals surface area contributed by atoms with Gasteiger partial charge in [-0.3, -0.25) is 0 Å². The standard InChI is InChI=1S/C12H24N2O2S2/c1-11(2)17(15)13-9-7-5-6-8-10-14-18(16)12(3)4/h9-12H,5-8H2,1-4H3/b13-9-,14-10-/t17-,18-/m0/s1.